The molecule has 38 heavy (non-hydrogen) atoms. The molecule has 2 amide bonds. The molecule has 10 nitrogen and oxygen atoms in total. The number of hydrogen-bond acceptors (Lipinski definition) is 8. The molecule has 196 valence electrons. The van der Waals surface area contributed by atoms with E-state index in [-0.39, 0.29) is 17.9 Å². The Bertz CT molecular complexity index is 1430. The summed E-state index contributed by atoms with van der Waals surface area (Å²) in [5, 5.41) is 8.12. The van der Waals surface area contributed by atoms with E-state index in [1.807, 2.05) is 11.9 Å². The van der Waals surface area contributed by atoms with Crippen molar-refractivity contribution in [3.8, 4) is 12.3 Å². The molecule has 2 aromatic carbocycles. The summed E-state index contributed by atoms with van der Waals surface area (Å²) in [5.74, 6) is 3.43. The fourth-order valence-electron chi connectivity index (χ4n) is 4.11. The van der Waals surface area contributed by atoms with E-state index >= 15 is 0 Å². The van der Waals surface area contributed by atoms with Gasteiger partial charge in [-0.15, -0.1) is 6.42 Å². The van der Waals surface area contributed by atoms with Crippen LogP contribution in [-0.4, -0.2) is 45.2 Å². The van der Waals surface area contributed by atoms with Crippen LogP contribution in [0.4, 0.5) is 41.0 Å². The Morgan fingerprint density at radius 1 is 1.16 bits per heavy atom. The van der Waals surface area contributed by atoms with Gasteiger partial charge in [-0.25, -0.2) is 9.78 Å². The number of aromatic nitrogens is 3. The van der Waals surface area contributed by atoms with Gasteiger partial charge in [0.05, 0.1) is 28.9 Å². The number of ether oxygens (including phenoxy) is 1. The maximum absolute atomic E-state index is 13.2. The Balaban J connectivity index is 1.36. The first-order valence-electron chi connectivity index (χ1n) is 11.3. The van der Waals surface area contributed by atoms with Crippen molar-refractivity contribution in [3.05, 3.63) is 64.7 Å². The number of halogens is 4. The fraction of sp³-hybridized carbons (Fsp3) is 0.250. The van der Waals surface area contributed by atoms with Crippen LogP contribution in [0, 0.1) is 12.3 Å². The van der Waals surface area contributed by atoms with E-state index in [4.69, 9.17) is 22.8 Å². The minimum Gasteiger partial charge on any atom is -0.364 e. The van der Waals surface area contributed by atoms with Gasteiger partial charge in [-0.05, 0) is 43.3 Å². The second-order valence-corrected chi connectivity index (χ2v) is 8.96. The number of rotatable bonds is 4. The molecule has 4 bridgehead atoms. The van der Waals surface area contributed by atoms with E-state index in [0.717, 1.165) is 12.1 Å². The van der Waals surface area contributed by atoms with Gasteiger partial charge >= 0.3 is 12.2 Å². The Morgan fingerprint density at radius 2 is 1.89 bits per heavy atom. The van der Waals surface area contributed by atoms with E-state index in [1.54, 1.807) is 23.3 Å². The molecule has 2 aliphatic rings. The normalized spacial score (nSPS) is 20.2. The fourth-order valence-corrected chi connectivity index (χ4v) is 4.33. The lowest BCUT2D eigenvalue weighted by Crippen LogP contribution is -2.54. The summed E-state index contributed by atoms with van der Waals surface area (Å²) in [6, 6.07) is 7.10. The van der Waals surface area contributed by atoms with Crippen LogP contribution in [0.1, 0.15) is 30.0 Å². The lowest BCUT2D eigenvalue weighted by molar-refractivity contribution is -0.137. The average molecular weight is 545 g/mol. The zero-order chi connectivity index (χ0) is 27.0. The van der Waals surface area contributed by atoms with Crippen LogP contribution in [-0.2, 0) is 10.9 Å². The number of urea groups is 1. The molecule has 3 aromatic rings. The van der Waals surface area contributed by atoms with Crippen LogP contribution in [0.15, 0.2) is 42.7 Å². The zero-order valence-electron chi connectivity index (χ0n) is 19.8. The number of amides is 2. The minimum absolute atomic E-state index is 0.0796. The monoisotopic (exact) mass is 544 g/mol. The zero-order valence-corrected chi connectivity index (χ0v) is 20.5. The largest absolute Gasteiger partial charge is 0.417 e. The summed E-state index contributed by atoms with van der Waals surface area (Å²) in [5.41, 5.74) is 3.35. The lowest BCUT2D eigenvalue weighted by Gasteiger charge is -2.39. The summed E-state index contributed by atoms with van der Waals surface area (Å²) >= 11 is 5.65. The molecule has 14 heteroatoms. The predicted molar refractivity (Wildman–Crippen MR) is 134 cm³/mol. The third-order valence-corrected chi connectivity index (χ3v) is 6.10. The Hall–Kier alpha value is -4.12. The second-order valence-electron chi connectivity index (χ2n) is 8.55. The molecule has 3 unspecified atom stereocenters. The van der Waals surface area contributed by atoms with Crippen LogP contribution in [0.3, 0.4) is 0 Å². The number of fused-ring (bicyclic) bond motifs is 5. The van der Waals surface area contributed by atoms with E-state index in [2.05, 4.69) is 36.9 Å². The van der Waals surface area contributed by atoms with Crippen molar-refractivity contribution in [3.63, 3.8) is 0 Å². The SMILES string of the molecule is C#Cc1ccc(NC(=O)Nc2ccc(Cl)c(C(F)(F)F)c2)cc1NN1c2ncnc(n2)C2CN1CC(C)O2. The number of nitrogens with one attached hydrogen (secondary N) is 3. The number of carbonyl (C=O) groups is 1. The molecule has 3 N–H and O–H groups in total. The van der Waals surface area contributed by atoms with Crippen molar-refractivity contribution in [2.45, 2.75) is 25.3 Å². The second kappa shape index (κ2) is 9.97. The van der Waals surface area contributed by atoms with Crippen molar-refractivity contribution in [2.24, 2.45) is 0 Å². The highest BCUT2D eigenvalue weighted by Crippen LogP contribution is 2.36. The third kappa shape index (κ3) is 5.28. The van der Waals surface area contributed by atoms with Gasteiger partial charge < -0.3 is 15.4 Å². The number of morpholine rings is 1. The highest BCUT2D eigenvalue weighted by atomic mass is 35.5. The maximum atomic E-state index is 13.2. The van der Waals surface area contributed by atoms with Gasteiger partial charge in [-0.1, -0.05) is 17.5 Å². The molecule has 1 aromatic heterocycles. The average Bonchev–Trinajstić information content (AvgIpc) is 2.93. The minimum atomic E-state index is -4.66. The van der Waals surface area contributed by atoms with E-state index in [0.29, 0.717) is 41.8 Å². The number of anilines is 4. The van der Waals surface area contributed by atoms with E-state index in [9.17, 15) is 18.0 Å². The molecule has 3 heterocycles. The predicted octanol–water partition coefficient (Wildman–Crippen LogP) is 4.69. The molecule has 0 saturated carbocycles. The number of nitrogens with zero attached hydrogens (tertiary/aromatic N) is 5. The smallest absolute Gasteiger partial charge is 0.364 e. The van der Waals surface area contributed by atoms with Gasteiger partial charge in [0.2, 0.25) is 0 Å². The highest BCUT2D eigenvalue weighted by Gasteiger charge is 2.37. The van der Waals surface area contributed by atoms with Gasteiger partial charge in [0.15, 0.2) is 5.82 Å². The van der Waals surface area contributed by atoms with Crippen LogP contribution in [0.25, 0.3) is 0 Å². The molecule has 0 radical (unpaired) electrons. The Labute approximate surface area is 220 Å². The number of benzene rings is 2. The Kier molecular flexibility index (Phi) is 6.70. The summed E-state index contributed by atoms with van der Waals surface area (Å²) < 4.78 is 45.4. The van der Waals surface area contributed by atoms with Crippen molar-refractivity contribution < 1.29 is 22.7 Å². The molecule has 2 aliphatic heterocycles. The molecular weight excluding hydrogens is 525 g/mol. The molecule has 0 aliphatic carbocycles. The third-order valence-electron chi connectivity index (χ3n) is 5.77. The molecule has 1 fully saturated rings. The van der Waals surface area contributed by atoms with Gasteiger partial charge in [-0.3, -0.25) is 5.43 Å². The number of carbonyl (C=O) groups excluding carboxylic acids is 1. The number of terminal acetylenes is 1. The lowest BCUT2D eigenvalue weighted by atomic mass is 10.1. The first-order valence-corrected chi connectivity index (χ1v) is 11.7. The topological polar surface area (TPSA) is 108 Å². The van der Waals surface area contributed by atoms with Gasteiger partial charge in [0.1, 0.15) is 12.4 Å². The first kappa shape index (κ1) is 25.5. The van der Waals surface area contributed by atoms with Crippen LogP contribution in [0.2, 0.25) is 5.02 Å². The van der Waals surface area contributed by atoms with Gasteiger partial charge in [0, 0.05) is 23.5 Å². The van der Waals surface area contributed by atoms with Crippen molar-refractivity contribution >= 4 is 40.6 Å². The summed E-state index contributed by atoms with van der Waals surface area (Å²) in [4.78, 5) is 25.5. The van der Waals surface area contributed by atoms with Gasteiger partial charge in [-0.2, -0.15) is 33.3 Å². The van der Waals surface area contributed by atoms with Crippen LogP contribution < -0.4 is 21.2 Å². The highest BCUT2D eigenvalue weighted by molar-refractivity contribution is 6.31. The van der Waals surface area contributed by atoms with E-state index in [1.165, 1.54) is 12.4 Å². The molecule has 0 spiro atoms. The first-order chi connectivity index (χ1) is 18.1. The summed E-state index contributed by atoms with van der Waals surface area (Å²) in [7, 11) is 0. The van der Waals surface area contributed by atoms with Crippen molar-refractivity contribution in [1.82, 2.24) is 20.0 Å². The number of hydrogen-bond donors (Lipinski definition) is 3. The number of hydrazine groups is 2. The molecular formula is C24H20ClF3N8O2. The standard InChI is InChI=1S/C24H20ClF3N8O2/c1-3-14-4-5-16(32-23(37)31-15-6-7-18(25)17(8-15)24(26,27)28)9-19(14)34-36-22-30-12-29-21(33-22)20-11-35(36)10-13(2)38-20/h1,4-9,12-13,20,34H,10-11H2,2H3,(H2,31,32,37). The molecule has 1 saturated heterocycles. The Morgan fingerprint density at radius 3 is 2.63 bits per heavy atom. The van der Waals surface area contributed by atoms with Gasteiger partial charge in [0.25, 0.3) is 5.95 Å². The van der Waals surface area contributed by atoms with Crippen molar-refractivity contribution in [1.29, 1.82) is 0 Å². The quantitative estimate of drug-likeness (QED) is 0.406. The van der Waals surface area contributed by atoms with Crippen LogP contribution in [0.5, 0.6) is 0 Å². The number of alkyl halides is 3. The maximum Gasteiger partial charge on any atom is 0.417 e. The molecule has 3 atom stereocenters. The molecule has 5 rings (SSSR count). The van der Waals surface area contributed by atoms with Crippen molar-refractivity contribution in [2.75, 3.05) is 34.3 Å². The van der Waals surface area contributed by atoms with Crippen LogP contribution >= 0.6 is 11.6 Å². The van der Waals surface area contributed by atoms with E-state index < -0.39 is 22.8 Å². The summed E-state index contributed by atoms with van der Waals surface area (Å²) in [6.07, 6.45) is 1.99. The summed E-state index contributed by atoms with van der Waals surface area (Å²) in [6.45, 7) is 2.95.